The third-order valence-corrected chi connectivity index (χ3v) is 4.15. The van der Waals surface area contributed by atoms with Crippen LogP contribution in [0.5, 0.6) is 0 Å². The summed E-state index contributed by atoms with van der Waals surface area (Å²) in [5, 5.41) is 13.0. The van der Waals surface area contributed by atoms with Gasteiger partial charge in [-0.3, -0.25) is 4.99 Å². The van der Waals surface area contributed by atoms with Gasteiger partial charge in [0.2, 0.25) is 0 Å². The number of aliphatic imine (C=N–C) groups is 1. The Morgan fingerprint density at radius 3 is 2.71 bits per heavy atom. The third kappa shape index (κ3) is 5.22. The number of β-amino-alcohol motifs (C(OH)–C–C–N with tert-alkyl or cyclic N) is 1. The number of rotatable bonds is 4. The molecule has 2 rings (SSSR count). The van der Waals surface area contributed by atoms with Gasteiger partial charge in [-0.05, 0) is 13.3 Å². The summed E-state index contributed by atoms with van der Waals surface area (Å²) in [6, 6.07) is 0. The van der Waals surface area contributed by atoms with E-state index in [9.17, 15) is 5.11 Å². The number of hydrogen-bond donors (Lipinski definition) is 2. The molecule has 2 aliphatic rings. The van der Waals surface area contributed by atoms with Crippen molar-refractivity contribution in [2.75, 3.05) is 46.5 Å². The number of aliphatic hydroxyl groups is 1. The Kier molecular flexibility index (Phi) is 8.22. The van der Waals surface area contributed by atoms with Gasteiger partial charge in [0.25, 0.3) is 0 Å². The summed E-state index contributed by atoms with van der Waals surface area (Å²) in [5.41, 5.74) is -0.197. The molecule has 6 nitrogen and oxygen atoms in total. The van der Waals surface area contributed by atoms with Crippen LogP contribution in [0, 0.1) is 0 Å². The Balaban J connectivity index is 0.00000220. The van der Waals surface area contributed by atoms with E-state index in [1.165, 1.54) is 0 Å². The Morgan fingerprint density at radius 2 is 2.19 bits per heavy atom. The Morgan fingerprint density at radius 1 is 1.48 bits per heavy atom. The zero-order valence-electron chi connectivity index (χ0n) is 13.0. The third-order valence-electron chi connectivity index (χ3n) is 4.15. The Labute approximate surface area is 144 Å². The first-order chi connectivity index (χ1) is 9.69. The average Bonchev–Trinajstić information content (AvgIpc) is 2.91. The summed E-state index contributed by atoms with van der Waals surface area (Å²) < 4.78 is 11.1. The topological polar surface area (TPSA) is 66.3 Å². The Bertz CT molecular complexity index is 335. The van der Waals surface area contributed by atoms with Crippen LogP contribution in [-0.2, 0) is 9.47 Å². The molecule has 21 heavy (non-hydrogen) atoms. The molecule has 0 unspecified atom stereocenters. The van der Waals surface area contributed by atoms with Gasteiger partial charge in [-0.1, -0.05) is 0 Å². The lowest BCUT2D eigenvalue weighted by molar-refractivity contribution is -0.0829. The summed E-state index contributed by atoms with van der Waals surface area (Å²) in [4.78, 5) is 6.86. The van der Waals surface area contributed by atoms with Gasteiger partial charge in [-0.25, -0.2) is 0 Å². The van der Waals surface area contributed by atoms with Gasteiger partial charge in [0.15, 0.2) is 5.96 Å². The van der Waals surface area contributed by atoms with Gasteiger partial charge in [0.05, 0.1) is 18.2 Å². The van der Waals surface area contributed by atoms with Crippen LogP contribution in [0.4, 0.5) is 0 Å². The number of nitrogens with zero attached hydrogens (tertiary/aromatic N) is 2. The highest BCUT2D eigenvalue weighted by atomic mass is 127. The molecule has 2 heterocycles. The van der Waals surface area contributed by atoms with E-state index in [1.807, 2.05) is 0 Å². The van der Waals surface area contributed by atoms with E-state index in [0.29, 0.717) is 13.1 Å². The predicted molar refractivity (Wildman–Crippen MR) is 93.4 cm³/mol. The first-order valence-electron chi connectivity index (χ1n) is 7.53. The zero-order valence-corrected chi connectivity index (χ0v) is 15.3. The SMILES string of the molecule is CCNC(=NCC1(OC)CCOCC1)N1CC[C@@H](O)C1.I. The number of guanidine groups is 1. The zero-order chi connectivity index (χ0) is 14.4. The number of aliphatic hydroxyl groups excluding tert-OH is 1. The van der Waals surface area contributed by atoms with Crippen LogP contribution in [-0.4, -0.2) is 74.2 Å². The molecule has 1 atom stereocenters. The van der Waals surface area contributed by atoms with Crippen molar-refractivity contribution in [3.63, 3.8) is 0 Å². The second kappa shape index (κ2) is 9.12. The van der Waals surface area contributed by atoms with Crippen molar-refractivity contribution in [2.24, 2.45) is 4.99 Å². The highest BCUT2D eigenvalue weighted by Crippen LogP contribution is 2.25. The van der Waals surface area contributed by atoms with Crippen molar-refractivity contribution in [3.8, 4) is 0 Å². The maximum Gasteiger partial charge on any atom is 0.194 e. The minimum atomic E-state index is -0.238. The average molecular weight is 413 g/mol. The lowest BCUT2D eigenvalue weighted by Crippen LogP contribution is -2.44. The molecule has 0 aromatic carbocycles. The molecule has 0 aromatic rings. The molecule has 7 heteroatoms. The van der Waals surface area contributed by atoms with Gasteiger partial charge in [0.1, 0.15) is 0 Å². The van der Waals surface area contributed by atoms with Crippen LogP contribution >= 0.6 is 24.0 Å². The molecule has 2 aliphatic heterocycles. The summed E-state index contributed by atoms with van der Waals surface area (Å²) in [7, 11) is 1.76. The second-order valence-electron chi connectivity index (χ2n) is 5.56. The summed E-state index contributed by atoms with van der Waals surface area (Å²) in [5.74, 6) is 0.881. The quantitative estimate of drug-likeness (QED) is 0.406. The number of methoxy groups -OCH3 is 1. The van der Waals surface area contributed by atoms with Crippen molar-refractivity contribution in [1.82, 2.24) is 10.2 Å². The number of ether oxygens (including phenoxy) is 2. The van der Waals surface area contributed by atoms with Crippen molar-refractivity contribution in [3.05, 3.63) is 0 Å². The van der Waals surface area contributed by atoms with E-state index < -0.39 is 0 Å². The number of nitrogens with one attached hydrogen (secondary N) is 1. The second-order valence-corrected chi connectivity index (χ2v) is 5.56. The smallest absolute Gasteiger partial charge is 0.194 e. The predicted octanol–water partition coefficient (Wildman–Crippen LogP) is 0.832. The standard InChI is InChI=1S/C14H27N3O3.HI/c1-3-15-13(17-7-4-12(18)10-17)16-11-14(19-2)5-8-20-9-6-14;/h12,18H,3-11H2,1-2H3,(H,15,16);1H/t12-;/m1./s1. The number of halogens is 1. The molecule has 124 valence electrons. The van der Waals surface area contributed by atoms with Gasteiger partial charge < -0.3 is 24.8 Å². The van der Waals surface area contributed by atoms with Crippen LogP contribution in [0.2, 0.25) is 0 Å². The normalized spacial score (nSPS) is 25.6. The monoisotopic (exact) mass is 413 g/mol. The number of likely N-dealkylation sites (tertiary alicyclic amines) is 1. The molecule has 0 radical (unpaired) electrons. The van der Waals surface area contributed by atoms with Gasteiger partial charge in [-0.15, -0.1) is 24.0 Å². The number of hydrogen-bond acceptors (Lipinski definition) is 4. The van der Waals surface area contributed by atoms with Crippen LogP contribution in [0.15, 0.2) is 4.99 Å². The highest BCUT2D eigenvalue weighted by molar-refractivity contribution is 14.0. The fraction of sp³-hybridized carbons (Fsp3) is 0.929. The molecule has 0 aromatic heterocycles. The fourth-order valence-electron chi connectivity index (χ4n) is 2.75. The van der Waals surface area contributed by atoms with Crippen molar-refractivity contribution >= 4 is 29.9 Å². The van der Waals surface area contributed by atoms with E-state index in [2.05, 4.69) is 17.1 Å². The molecular formula is C14H28IN3O3. The maximum absolute atomic E-state index is 9.66. The largest absolute Gasteiger partial charge is 0.391 e. The van der Waals surface area contributed by atoms with Gasteiger partial charge in [-0.2, -0.15) is 0 Å². The van der Waals surface area contributed by atoms with Crippen LogP contribution < -0.4 is 5.32 Å². The lowest BCUT2D eigenvalue weighted by Gasteiger charge is -2.35. The van der Waals surface area contributed by atoms with Crippen molar-refractivity contribution in [1.29, 1.82) is 0 Å². The summed E-state index contributed by atoms with van der Waals surface area (Å²) in [6.07, 6.45) is 2.34. The molecule has 2 saturated heterocycles. The summed E-state index contributed by atoms with van der Waals surface area (Å²) >= 11 is 0. The first kappa shape index (κ1) is 18.9. The molecule has 0 bridgehead atoms. The maximum atomic E-state index is 9.66. The highest BCUT2D eigenvalue weighted by Gasteiger charge is 2.33. The molecular weight excluding hydrogens is 385 g/mol. The molecule has 0 amide bonds. The molecule has 0 spiro atoms. The summed E-state index contributed by atoms with van der Waals surface area (Å²) in [6.45, 7) is 6.52. The minimum Gasteiger partial charge on any atom is -0.391 e. The van der Waals surface area contributed by atoms with Crippen LogP contribution in [0.1, 0.15) is 26.2 Å². The van der Waals surface area contributed by atoms with E-state index in [4.69, 9.17) is 14.5 Å². The van der Waals surface area contributed by atoms with E-state index >= 15 is 0 Å². The van der Waals surface area contributed by atoms with Crippen LogP contribution in [0.25, 0.3) is 0 Å². The van der Waals surface area contributed by atoms with E-state index in [1.54, 1.807) is 7.11 Å². The van der Waals surface area contributed by atoms with E-state index in [-0.39, 0.29) is 35.7 Å². The van der Waals surface area contributed by atoms with Gasteiger partial charge >= 0.3 is 0 Å². The Hall–Kier alpha value is -0.120. The molecule has 2 fully saturated rings. The lowest BCUT2D eigenvalue weighted by atomic mass is 9.94. The molecule has 2 N–H and O–H groups in total. The van der Waals surface area contributed by atoms with Gasteiger partial charge in [0, 0.05) is 52.8 Å². The van der Waals surface area contributed by atoms with E-state index in [0.717, 1.165) is 51.5 Å². The van der Waals surface area contributed by atoms with Crippen molar-refractivity contribution in [2.45, 2.75) is 37.9 Å². The first-order valence-corrected chi connectivity index (χ1v) is 7.53. The van der Waals surface area contributed by atoms with Crippen LogP contribution in [0.3, 0.4) is 0 Å². The fourth-order valence-corrected chi connectivity index (χ4v) is 2.75. The molecule has 0 saturated carbocycles. The minimum absolute atomic E-state index is 0. The van der Waals surface area contributed by atoms with Crippen molar-refractivity contribution < 1.29 is 14.6 Å². The molecule has 0 aliphatic carbocycles.